The predicted octanol–water partition coefficient (Wildman–Crippen LogP) is 4.59. The molecule has 0 aromatic heterocycles. The molecule has 1 heterocycles. The van der Waals surface area contributed by atoms with Gasteiger partial charge in [-0.05, 0) is 74.9 Å². The lowest BCUT2D eigenvalue weighted by Gasteiger charge is -2.29. The largest absolute Gasteiger partial charge is 0.427 e. The van der Waals surface area contributed by atoms with Crippen LogP contribution in [0.5, 0.6) is 5.75 Å². The van der Waals surface area contributed by atoms with Crippen molar-refractivity contribution in [1.29, 1.82) is 0 Å². The molecular formula is C28H30N2O5. The monoisotopic (exact) mass is 474 g/mol. The van der Waals surface area contributed by atoms with E-state index in [0.717, 1.165) is 29.7 Å². The van der Waals surface area contributed by atoms with Crippen molar-refractivity contribution in [1.82, 2.24) is 4.90 Å². The zero-order valence-corrected chi connectivity index (χ0v) is 20.2. The fraction of sp³-hybridized carbons (Fsp3) is 0.357. The maximum absolute atomic E-state index is 13.6. The Kier molecular flexibility index (Phi) is 7.44. The molecule has 2 aliphatic rings. The lowest BCUT2D eigenvalue weighted by molar-refractivity contribution is -0.132. The van der Waals surface area contributed by atoms with Crippen molar-refractivity contribution < 1.29 is 23.9 Å². The van der Waals surface area contributed by atoms with E-state index in [1.54, 1.807) is 29.2 Å². The minimum absolute atomic E-state index is 0.0683. The van der Waals surface area contributed by atoms with Crippen molar-refractivity contribution in [3.63, 3.8) is 0 Å². The summed E-state index contributed by atoms with van der Waals surface area (Å²) >= 11 is 0. The first kappa shape index (κ1) is 24.4. The minimum atomic E-state index is -0.869. The van der Waals surface area contributed by atoms with Crippen LogP contribution < -0.4 is 9.64 Å². The summed E-state index contributed by atoms with van der Waals surface area (Å²) in [5, 5.41) is 0. The summed E-state index contributed by atoms with van der Waals surface area (Å²) in [5.41, 5.74) is 3.05. The lowest BCUT2D eigenvalue weighted by Crippen LogP contribution is -2.46. The number of nitrogens with zero attached hydrogens (tertiary/aromatic N) is 2. The van der Waals surface area contributed by atoms with E-state index in [2.05, 4.69) is 6.08 Å². The van der Waals surface area contributed by atoms with Gasteiger partial charge in [0.25, 0.3) is 11.8 Å². The molecule has 1 aliphatic heterocycles. The normalized spacial score (nSPS) is 17.8. The number of ether oxygens (including phenoxy) is 1. The SMILES string of the molecule is CC(=O)Oc1ccc(N2C(=O)CC(N(CCC3=CCCCC3)C(=O)c3ccccc3C)C2=O)cc1. The molecule has 182 valence electrons. The average Bonchev–Trinajstić information content (AvgIpc) is 3.14. The smallest absolute Gasteiger partial charge is 0.308 e. The first-order valence-corrected chi connectivity index (χ1v) is 12.0. The van der Waals surface area contributed by atoms with E-state index >= 15 is 0 Å². The number of rotatable bonds is 7. The molecule has 1 atom stereocenters. The Bertz CT molecular complexity index is 1170. The molecular weight excluding hydrogens is 444 g/mol. The van der Waals surface area contributed by atoms with Gasteiger partial charge in [0.2, 0.25) is 5.91 Å². The highest BCUT2D eigenvalue weighted by molar-refractivity contribution is 6.23. The van der Waals surface area contributed by atoms with Gasteiger partial charge in [0, 0.05) is 19.0 Å². The van der Waals surface area contributed by atoms with Gasteiger partial charge in [0.15, 0.2) is 0 Å². The first-order chi connectivity index (χ1) is 16.8. The Hall–Kier alpha value is -3.74. The number of aryl methyl sites for hydroxylation is 1. The third-order valence-corrected chi connectivity index (χ3v) is 6.55. The van der Waals surface area contributed by atoms with Gasteiger partial charge < -0.3 is 9.64 Å². The number of amides is 3. The summed E-state index contributed by atoms with van der Waals surface area (Å²) in [7, 11) is 0. The third kappa shape index (κ3) is 5.50. The minimum Gasteiger partial charge on any atom is -0.427 e. The maximum Gasteiger partial charge on any atom is 0.308 e. The molecule has 0 N–H and O–H groups in total. The van der Waals surface area contributed by atoms with Gasteiger partial charge in [0.05, 0.1) is 12.1 Å². The number of esters is 1. The van der Waals surface area contributed by atoms with Crippen molar-refractivity contribution >= 4 is 29.4 Å². The van der Waals surface area contributed by atoms with Crippen LogP contribution in [0.2, 0.25) is 0 Å². The molecule has 35 heavy (non-hydrogen) atoms. The third-order valence-electron chi connectivity index (χ3n) is 6.55. The fourth-order valence-corrected chi connectivity index (χ4v) is 4.72. The summed E-state index contributed by atoms with van der Waals surface area (Å²) in [5.74, 6) is -1.15. The molecule has 0 saturated carbocycles. The molecule has 7 heteroatoms. The molecule has 4 rings (SSSR count). The van der Waals surface area contributed by atoms with Crippen LogP contribution in [0, 0.1) is 6.92 Å². The molecule has 1 saturated heterocycles. The second-order valence-electron chi connectivity index (χ2n) is 9.05. The Balaban J connectivity index is 1.59. The zero-order valence-electron chi connectivity index (χ0n) is 20.2. The number of hydrogen-bond donors (Lipinski definition) is 0. The second-order valence-corrected chi connectivity index (χ2v) is 9.05. The van der Waals surface area contributed by atoms with Crippen molar-refractivity contribution in [3.8, 4) is 5.75 Å². The van der Waals surface area contributed by atoms with Crippen LogP contribution in [0.4, 0.5) is 5.69 Å². The number of allylic oxidation sites excluding steroid dienone is 1. The van der Waals surface area contributed by atoms with Crippen LogP contribution in [0.15, 0.2) is 60.2 Å². The zero-order chi connectivity index (χ0) is 24.9. The summed E-state index contributed by atoms with van der Waals surface area (Å²) in [6.07, 6.45) is 7.21. The van der Waals surface area contributed by atoms with Gasteiger partial charge in [0.1, 0.15) is 11.8 Å². The van der Waals surface area contributed by atoms with E-state index in [0.29, 0.717) is 30.0 Å². The van der Waals surface area contributed by atoms with E-state index in [1.807, 2.05) is 19.1 Å². The first-order valence-electron chi connectivity index (χ1n) is 12.0. The number of benzene rings is 2. The average molecular weight is 475 g/mol. The lowest BCUT2D eigenvalue weighted by atomic mass is 9.96. The van der Waals surface area contributed by atoms with E-state index < -0.39 is 17.9 Å². The molecule has 3 amide bonds. The predicted molar refractivity (Wildman–Crippen MR) is 132 cm³/mol. The van der Waals surface area contributed by atoms with Crippen LogP contribution in [-0.4, -0.2) is 41.2 Å². The van der Waals surface area contributed by atoms with Gasteiger partial charge in [-0.1, -0.05) is 29.8 Å². The second kappa shape index (κ2) is 10.7. The van der Waals surface area contributed by atoms with Gasteiger partial charge in [-0.25, -0.2) is 4.90 Å². The number of carbonyl (C=O) groups is 4. The van der Waals surface area contributed by atoms with Crippen molar-refractivity contribution in [3.05, 3.63) is 71.3 Å². The van der Waals surface area contributed by atoms with E-state index in [4.69, 9.17) is 4.74 Å². The fourth-order valence-electron chi connectivity index (χ4n) is 4.72. The number of anilines is 1. The summed E-state index contributed by atoms with van der Waals surface area (Å²) in [4.78, 5) is 54.0. The van der Waals surface area contributed by atoms with Crippen LogP contribution in [0.3, 0.4) is 0 Å². The van der Waals surface area contributed by atoms with Crippen LogP contribution in [0.25, 0.3) is 0 Å². The summed E-state index contributed by atoms with van der Waals surface area (Å²) in [6.45, 7) is 3.55. The van der Waals surface area contributed by atoms with Crippen LogP contribution in [0.1, 0.15) is 61.4 Å². The van der Waals surface area contributed by atoms with Crippen molar-refractivity contribution in [2.24, 2.45) is 0 Å². The Morgan fingerprint density at radius 3 is 2.46 bits per heavy atom. The van der Waals surface area contributed by atoms with Crippen molar-refractivity contribution in [2.45, 2.75) is 58.4 Å². The van der Waals surface area contributed by atoms with Gasteiger partial charge >= 0.3 is 5.97 Å². The van der Waals surface area contributed by atoms with E-state index in [-0.39, 0.29) is 18.2 Å². The van der Waals surface area contributed by atoms with Gasteiger partial charge in [-0.2, -0.15) is 0 Å². The summed E-state index contributed by atoms with van der Waals surface area (Å²) < 4.78 is 5.04. The topological polar surface area (TPSA) is 84.0 Å². The van der Waals surface area contributed by atoms with Gasteiger partial charge in [-0.15, -0.1) is 0 Å². The molecule has 2 aromatic carbocycles. The molecule has 0 bridgehead atoms. The number of imide groups is 1. The summed E-state index contributed by atoms with van der Waals surface area (Å²) in [6, 6.07) is 12.6. The molecule has 0 spiro atoms. The maximum atomic E-state index is 13.6. The van der Waals surface area contributed by atoms with Gasteiger partial charge in [-0.3, -0.25) is 19.2 Å². The van der Waals surface area contributed by atoms with Crippen molar-refractivity contribution in [2.75, 3.05) is 11.4 Å². The number of hydrogen-bond acceptors (Lipinski definition) is 5. The number of carbonyl (C=O) groups excluding carboxylic acids is 4. The molecule has 1 aliphatic carbocycles. The Labute approximate surface area is 205 Å². The quantitative estimate of drug-likeness (QED) is 0.254. The highest BCUT2D eigenvalue weighted by atomic mass is 16.5. The van der Waals surface area contributed by atoms with E-state index in [1.165, 1.54) is 31.1 Å². The highest BCUT2D eigenvalue weighted by Gasteiger charge is 2.44. The Morgan fingerprint density at radius 1 is 1.06 bits per heavy atom. The Morgan fingerprint density at radius 2 is 1.80 bits per heavy atom. The highest BCUT2D eigenvalue weighted by Crippen LogP contribution is 2.30. The molecule has 2 aromatic rings. The van der Waals surface area contributed by atoms with Crippen LogP contribution >= 0.6 is 0 Å². The standard InChI is InChI=1S/C28H30N2O5/c1-19-8-6-7-11-24(19)27(33)29(17-16-21-9-4-3-5-10-21)25-18-26(32)30(28(25)34)22-12-14-23(15-13-22)35-20(2)31/h6-9,11-15,25H,3-5,10,16-18H2,1-2H3. The van der Waals surface area contributed by atoms with Crippen LogP contribution in [-0.2, 0) is 14.4 Å². The molecule has 0 radical (unpaired) electrons. The van der Waals surface area contributed by atoms with E-state index in [9.17, 15) is 19.2 Å². The molecule has 7 nitrogen and oxygen atoms in total. The molecule has 1 fully saturated rings. The molecule has 1 unspecified atom stereocenters.